The van der Waals surface area contributed by atoms with E-state index in [1.807, 2.05) is 42.8 Å². The zero-order valence-corrected chi connectivity index (χ0v) is 11.1. The average Bonchev–Trinajstić information content (AvgIpc) is 2.66. The highest BCUT2D eigenvalue weighted by Crippen LogP contribution is 2.16. The van der Waals surface area contributed by atoms with Crippen LogP contribution in [-0.4, -0.2) is 34.0 Å². The number of benzene rings is 1. The van der Waals surface area contributed by atoms with Crippen LogP contribution in [0.1, 0.15) is 19.2 Å². The highest BCUT2D eigenvalue weighted by atomic mass is 16.5. The molecular formula is C14H20N2O2. The summed E-state index contributed by atoms with van der Waals surface area (Å²) in [5.74, 6) is 0.909. The van der Waals surface area contributed by atoms with Crippen LogP contribution in [0.25, 0.3) is 11.0 Å². The third-order valence-electron chi connectivity index (χ3n) is 3.30. The topological polar surface area (TPSA) is 47.3 Å². The van der Waals surface area contributed by atoms with Crippen LogP contribution in [0.5, 0.6) is 0 Å². The van der Waals surface area contributed by atoms with E-state index in [9.17, 15) is 5.11 Å². The van der Waals surface area contributed by atoms with Crippen LogP contribution in [0, 0.1) is 0 Å². The molecule has 18 heavy (non-hydrogen) atoms. The summed E-state index contributed by atoms with van der Waals surface area (Å²) >= 11 is 0. The molecule has 0 aliphatic carbocycles. The molecule has 0 amide bonds. The number of rotatable bonds is 5. The lowest BCUT2D eigenvalue weighted by atomic mass is 10.1. The zero-order valence-electron chi connectivity index (χ0n) is 11.1. The number of methoxy groups -OCH3 is 1. The van der Waals surface area contributed by atoms with Gasteiger partial charge in [0.1, 0.15) is 5.82 Å². The second-order valence-corrected chi connectivity index (χ2v) is 4.72. The first-order valence-corrected chi connectivity index (χ1v) is 6.23. The molecular weight excluding hydrogens is 228 g/mol. The van der Waals surface area contributed by atoms with Crippen LogP contribution >= 0.6 is 0 Å². The predicted octanol–water partition coefficient (Wildman–Crippen LogP) is 1.90. The van der Waals surface area contributed by atoms with Gasteiger partial charge in [-0.3, -0.25) is 0 Å². The molecule has 98 valence electrons. The van der Waals surface area contributed by atoms with Crippen molar-refractivity contribution in [2.45, 2.75) is 32.0 Å². The Hall–Kier alpha value is -1.39. The Bertz CT molecular complexity index is 521. The summed E-state index contributed by atoms with van der Waals surface area (Å²) in [4.78, 5) is 4.55. The van der Waals surface area contributed by atoms with Gasteiger partial charge in [0.2, 0.25) is 0 Å². The van der Waals surface area contributed by atoms with Gasteiger partial charge in [-0.25, -0.2) is 4.98 Å². The fraction of sp³-hybridized carbons (Fsp3) is 0.500. The average molecular weight is 248 g/mol. The molecule has 0 aliphatic heterocycles. The number of aliphatic hydroxyl groups is 1. The normalized spacial score (nSPS) is 14.9. The number of para-hydroxylation sites is 2. The highest BCUT2D eigenvalue weighted by molar-refractivity contribution is 5.75. The molecule has 0 aliphatic rings. The zero-order chi connectivity index (χ0) is 13.1. The molecule has 2 atom stereocenters. The van der Waals surface area contributed by atoms with Gasteiger partial charge in [0.05, 0.1) is 23.2 Å². The van der Waals surface area contributed by atoms with Crippen molar-refractivity contribution in [2.75, 3.05) is 7.11 Å². The van der Waals surface area contributed by atoms with Gasteiger partial charge in [-0.1, -0.05) is 12.1 Å². The quantitative estimate of drug-likeness (QED) is 0.879. The molecule has 0 fully saturated rings. The van der Waals surface area contributed by atoms with Crippen molar-refractivity contribution < 1.29 is 9.84 Å². The van der Waals surface area contributed by atoms with Gasteiger partial charge in [-0.2, -0.15) is 0 Å². The molecule has 0 radical (unpaired) electrons. The monoisotopic (exact) mass is 248 g/mol. The standard InChI is InChI=1S/C14H20N2O2/c1-10(18-3)8-11(17)9-14-15-12-6-4-5-7-13(12)16(14)2/h4-7,10-11,17H,8-9H2,1-3H3. The first-order chi connectivity index (χ1) is 8.61. The molecule has 1 aromatic carbocycles. The Morgan fingerprint density at radius 3 is 2.78 bits per heavy atom. The summed E-state index contributed by atoms with van der Waals surface area (Å²) in [6.45, 7) is 1.96. The summed E-state index contributed by atoms with van der Waals surface area (Å²) < 4.78 is 7.20. The molecule has 0 saturated heterocycles. The molecule has 2 unspecified atom stereocenters. The number of ether oxygens (including phenoxy) is 1. The number of fused-ring (bicyclic) bond motifs is 1. The van der Waals surface area contributed by atoms with E-state index in [4.69, 9.17) is 4.74 Å². The van der Waals surface area contributed by atoms with Gasteiger partial charge < -0.3 is 14.4 Å². The van der Waals surface area contributed by atoms with Crippen molar-refractivity contribution in [3.63, 3.8) is 0 Å². The lowest BCUT2D eigenvalue weighted by Gasteiger charge is -2.14. The fourth-order valence-corrected chi connectivity index (χ4v) is 2.15. The van der Waals surface area contributed by atoms with Crippen LogP contribution in [0.2, 0.25) is 0 Å². The van der Waals surface area contributed by atoms with Crippen LogP contribution in [0.15, 0.2) is 24.3 Å². The maximum Gasteiger partial charge on any atom is 0.112 e. The minimum absolute atomic E-state index is 0.0645. The maximum absolute atomic E-state index is 10.0. The summed E-state index contributed by atoms with van der Waals surface area (Å²) in [7, 11) is 3.64. The Balaban J connectivity index is 2.14. The van der Waals surface area contributed by atoms with Crippen molar-refractivity contribution in [1.82, 2.24) is 9.55 Å². The van der Waals surface area contributed by atoms with Crippen molar-refractivity contribution >= 4 is 11.0 Å². The second-order valence-electron chi connectivity index (χ2n) is 4.72. The van der Waals surface area contributed by atoms with Crippen LogP contribution in [0.3, 0.4) is 0 Å². The SMILES string of the molecule is COC(C)CC(O)Cc1nc2ccccc2n1C. The Labute approximate surface area is 107 Å². The maximum atomic E-state index is 10.0. The van der Waals surface area contributed by atoms with E-state index in [1.165, 1.54) is 0 Å². The summed E-state index contributed by atoms with van der Waals surface area (Å²) in [5, 5.41) is 10.0. The van der Waals surface area contributed by atoms with E-state index in [2.05, 4.69) is 4.98 Å². The Kier molecular flexibility index (Phi) is 3.99. The molecule has 1 aromatic heterocycles. The predicted molar refractivity (Wildman–Crippen MR) is 71.5 cm³/mol. The van der Waals surface area contributed by atoms with E-state index < -0.39 is 6.10 Å². The number of imidazole rings is 1. The molecule has 2 aromatic rings. The van der Waals surface area contributed by atoms with E-state index >= 15 is 0 Å². The molecule has 4 heteroatoms. The molecule has 0 spiro atoms. The van der Waals surface area contributed by atoms with Crippen LogP contribution in [-0.2, 0) is 18.2 Å². The van der Waals surface area contributed by atoms with Crippen molar-refractivity contribution in [3.05, 3.63) is 30.1 Å². The third kappa shape index (κ3) is 2.71. The van der Waals surface area contributed by atoms with E-state index in [0.717, 1.165) is 16.9 Å². The molecule has 1 heterocycles. The number of aryl methyl sites for hydroxylation is 1. The lowest BCUT2D eigenvalue weighted by molar-refractivity contribution is 0.0556. The molecule has 4 nitrogen and oxygen atoms in total. The van der Waals surface area contributed by atoms with Gasteiger partial charge in [0.25, 0.3) is 0 Å². The van der Waals surface area contributed by atoms with Crippen molar-refractivity contribution in [2.24, 2.45) is 7.05 Å². The number of aromatic nitrogens is 2. The Morgan fingerprint density at radius 1 is 1.39 bits per heavy atom. The largest absolute Gasteiger partial charge is 0.393 e. The van der Waals surface area contributed by atoms with Crippen LogP contribution in [0.4, 0.5) is 0 Å². The number of aliphatic hydroxyl groups excluding tert-OH is 1. The number of nitrogens with zero attached hydrogens (tertiary/aromatic N) is 2. The van der Waals surface area contributed by atoms with Gasteiger partial charge in [0, 0.05) is 20.6 Å². The lowest BCUT2D eigenvalue weighted by Crippen LogP contribution is -2.20. The van der Waals surface area contributed by atoms with Gasteiger partial charge >= 0.3 is 0 Å². The number of hydrogen-bond donors (Lipinski definition) is 1. The van der Waals surface area contributed by atoms with Gasteiger partial charge in [0.15, 0.2) is 0 Å². The van der Waals surface area contributed by atoms with E-state index in [0.29, 0.717) is 12.8 Å². The number of hydrogen-bond acceptors (Lipinski definition) is 3. The van der Waals surface area contributed by atoms with Crippen LogP contribution < -0.4 is 0 Å². The summed E-state index contributed by atoms with van der Waals surface area (Å²) in [6, 6.07) is 8.00. The fourth-order valence-electron chi connectivity index (χ4n) is 2.15. The Morgan fingerprint density at radius 2 is 2.11 bits per heavy atom. The second kappa shape index (κ2) is 5.50. The minimum Gasteiger partial charge on any atom is -0.393 e. The molecule has 0 bridgehead atoms. The first-order valence-electron chi connectivity index (χ1n) is 6.23. The molecule has 0 saturated carbocycles. The van der Waals surface area contributed by atoms with Crippen molar-refractivity contribution in [3.8, 4) is 0 Å². The van der Waals surface area contributed by atoms with E-state index in [1.54, 1.807) is 7.11 Å². The smallest absolute Gasteiger partial charge is 0.112 e. The van der Waals surface area contributed by atoms with E-state index in [-0.39, 0.29) is 6.10 Å². The highest BCUT2D eigenvalue weighted by Gasteiger charge is 2.14. The summed E-state index contributed by atoms with van der Waals surface area (Å²) in [5.41, 5.74) is 2.07. The summed E-state index contributed by atoms with van der Waals surface area (Å²) in [6.07, 6.45) is 0.823. The minimum atomic E-state index is -0.421. The van der Waals surface area contributed by atoms with Crippen molar-refractivity contribution in [1.29, 1.82) is 0 Å². The first kappa shape index (κ1) is 13.1. The van der Waals surface area contributed by atoms with Gasteiger partial charge in [-0.05, 0) is 25.5 Å². The molecule has 1 N–H and O–H groups in total. The third-order valence-corrected chi connectivity index (χ3v) is 3.30. The molecule has 2 rings (SSSR count). The van der Waals surface area contributed by atoms with Gasteiger partial charge in [-0.15, -0.1) is 0 Å².